The molecule has 1 heterocycles. The molecule has 194 valence electrons. The number of aryl methyl sites for hydroxylation is 1. The molecule has 0 saturated carbocycles. The lowest BCUT2D eigenvalue weighted by Crippen LogP contribution is -2.48. The molecule has 37 heavy (non-hydrogen) atoms. The highest BCUT2D eigenvalue weighted by atomic mass is 35.5. The van der Waals surface area contributed by atoms with Crippen LogP contribution in [0.25, 0.3) is 0 Å². The summed E-state index contributed by atoms with van der Waals surface area (Å²) in [7, 11) is 0. The third-order valence-electron chi connectivity index (χ3n) is 6.33. The van der Waals surface area contributed by atoms with Crippen LogP contribution >= 0.6 is 11.6 Å². The van der Waals surface area contributed by atoms with Crippen molar-refractivity contribution < 1.29 is 37.4 Å². The number of hydrogen-bond donors (Lipinski definition) is 3. The number of nitrogens with one attached hydrogen (secondary N) is 1. The highest BCUT2D eigenvalue weighted by Crippen LogP contribution is 2.47. The number of fused-ring (bicyclic) bond motifs is 1. The molecule has 11 heteroatoms. The van der Waals surface area contributed by atoms with Crippen LogP contribution in [-0.4, -0.2) is 41.1 Å². The van der Waals surface area contributed by atoms with Crippen molar-refractivity contribution in [1.82, 2.24) is 0 Å². The number of benzene rings is 3. The molecule has 6 nitrogen and oxygen atoms in total. The van der Waals surface area contributed by atoms with E-state index in [-0.39, 0.29) is 22.0 Å². The van der Waals surface area contributed by atoms with Crippen molar-refractivity contribution in [2.24, 2.45) is 0 Å². The molecule has 0 radical (unpaired) electrons. The number of amides is 2. The van der Waals surface area contributed by atoms with Crippen LogP contribution in [0.2, 0.25) is 5.02 Å². The Labute approximate surface area is 214 Å². The standard InChI is InChI=1S/C26H21ClF4N2O4/c1-14-3-2-4-19(28)22(14)23(35)32-16-6-7-17(20(29)12-16)24(36)33-10-9-26(30,31)25(37,13-34)18-11-15(27)5-8-21(18)33/h2-8,11-12,34,37H,9-10,13H2,1H3,(H,32,35)/t25-/m0/s1. The van der Waals surface area contributed by atoms with Crippen molar-refractivity contribution in [2.75, 3.05) is 23.4 Å². The third-order valence-corrected chi connectivity index (χ3v) is 6.56. The van der Waals surface area contributed by atoms with Gasteiger partial charge in [0.2, 0.25) is 0 Å². The van der Waals surface area contributed by atoms with Gasteiger partial charge in [-0.05, 0) is 55.0 Å². The Bertz CT molecular complexity index is 1380. The Morgan fingerprint density at radius 2 is 1.81 bits per heavy atom. The van der Waals surface area contributed by atoms with Gasteiger partial charge in [-0.25, -0.2) is 17.6 Å². The molecule has 1 aliphatic rings. The predicted molar refractivity (Wildman–Crippen MR) is 129 cm³/mol. The summed E-state index contributed by atoms with van der Waals surface area (Å²) in [6.07, 6.45) is -1.03. The van der Waals surface area contributed by atoms with Gasteiger partial charge in [-0.2, -0.15) is 0 Å². The number of rotatable bonds is 4. The number of hydrogen-bond acceptors (Lipinski definition) is 4. The van der Waals surface area contributed by atoms with E-state index in [0.717, 1.165) is 29.2 Å². The van der Waals surface area contributed by atoms with E-state index in [1.165, 1.54) is 37.3 Å². The van der Waals surface area contributed by atoms with E-state index < -0.39 is 65.7 Å². The molecule has 0 aliphatic carbocycles. The predicted octanol–water partition coefficient (Wildman–Crippen LogP) is 5.04. The second-order valence-corrected chi connectivity index (χ2v) is 9.11. The smallest absolute Gasteiger partial charge is 0.284 e. The van der Waals surface area contributed by atoms with Crippen LogP contribution in [-0.2, 0) is 5.60 Å². The van der Waals surface area contributed by atoms with Crippen LogP contribution in [0.15, 0.2) is 54.6 Å². The van der Waals surface area contributed by atoms with Crippen molar-refractivity contribution in [3.8, 4) is 0 Å². The van der Waals surface area contributed by atoms with Crippen LogP contribution in [0.3, 0.4) is 0 Å². The first-order chi connectivity index (χ1) is 17.4. The van der Waals surface area contributed by atoms with Gasteiger partial charge in [0.05, 0.1) is 23.4 Å². The summed E-state index contributed by atoms with van der Waals surface area (Å²) in [4.78, 5) is 26.7. The van der Waals surface area contributed by atoms with Gasteiger partial charge in [0.1, 0.15) is 11.6 Å². The summed E-state index contributed by atoms with van der Waals surface area (Å²) in [5, 5.41) is 22.7. The van der Waals surface area contributed by atoms with E-state index in [1.54, 1.807) is 0 Å². The average molecular weight is 537 g/mol. The van der Waals surface area contributed by atoms with E-state index in [2.05, 4.69) is 5.32 Å². The first-order valence-electron chi connectivity index (χ1n) is 11.1. The van der Waals surface area contributed by atoms with Crippen LogP contribution in [0.4, 0.5) is 28.9 Å². The Kier molecular flexibility index (Phi) is 7.02. The molecule has 0 fully saturated rings. The Morgan fingerprint density at radius 3 is 2.46 bits per heavy atom. The fraction of sp³-hybridized carbons (Fsp3) is 0.231. The maximum absolute atomic E-state index is 15.0. The maximum atomic E-state index is 15.0. The molecule has 0 aromatic heterocycles. The van der Waals surface area contributed by atoms with Crippen LogP contribution in [0, 0.1) is 18.6 Å². The van der Waals surface area contributed by atoms with Crippen LogP contribution < -0.4 is 10.2 Å². The zero-order chi connectivity index (χ0) is 27.1. The number of halogens is 5. The monoisotopic (exact) mass is 536 g/mol. The molecule has 0 unspecified atom stereocenters. The quantitative estimate of drug-likeness (QED) is 0.407. The molecule has 0 spiro atoms. The van der Waals surface area contributed by atoms with Crippen molar-refractivity contribution >= 4 is 34.8 Å². The fourth-order valence-corrected chi connectivity index (χ4v) is 4.46. The fourth-order valence-electron chi connectivity index (χ4n) is 4.29. The topological polar surface area (TPSA) is 89.9 Å². The largest absolute Gasteiger partial charge is 0.393 e. The lowest BCUT2D eigenvalue weighted by Gasteiger charge is -2.33. The van der Waals surface area contributed by atoms with Crippen molar-refractivity contribution in [3.05, 3.63) is 93.5 Å². The first-order valence-corrected chi connectivity index (χ1v) is 11.5. The summed E-state index contributed by atoms with van der Waals surface area (Å²) >= 11 is 5.94. The lowest BCUT2D eigenvalue weighted by atomic mass is 9.86. The third kappa shape index (κ3) is 4.68. The van der Waals surface area contributed by atoms with E-state index in [0.29, 0.717) is 5.56 Å². The molecule has 1 aliphatic heterocycles. The summed E-state index contributed by atoms with van der Waals surface area (Å²) in [6, 6.07) is 10.7. The van der Waals surface area contributed by atoms with Gasteiger partial charge in [0.25, 0.3) is 17.7 Å². The molecule has 0 saturated heterocycles. The van der Waals surface area contributed by atoms with Crippen LogP contribution in [0.5, 0.6) is 0 Å². The van der Waals surface area contributed by atoms with Crippen molar-refractivity contribution in [1.29, 1.82) is 0 Å². The van der Waals surface area contributed by atoms with Gasteiger partial charge in [-0.3, -0.25) is 9.59 Å². The number of alkyl halides is 2. The summed E-state index contributed by atoms with van der Waals surface area (Å²) in [6.45, 7) is -0.416. The van der Waals surface area contributed by atoms with E-state index in [4.69, 9.17) is 11.6 Å². The highest BCUT2D eigenvalue weighted by molar-refractivity contribution is 6.30. The summed E-state index contributed by atoms with van der Waals surface area (Å²) in [5.41, 5.74) is -4.10. The van der Waals surface area contributed by atoms with Gasteiger partial charge in [0.15, 0.2) is 5.60 Å². The first kappa shape index (κ1) is 26.6. The SMILES string of the molecule is Cc1cccc(F)c1C(=O)Nc1ccc(C(=O)N2CCC(F)(F)[C@](O)(CO)c3cc(Cl)ccc32)c(F)c1. The molecular formula is C26H21ClF4N2O4. The highest BCUT2D eigenvalue weighted by Gasteiger charge is 2.56. The van der Waals surface area contributed by atoms with E-state index in [9.17, 15) is 33.0 Å². The van der Waals surface area contributed by atoms with E-state index in [1.807, 2.05) is 0 Å². The molecule has 2 amide bonds. The number of nitrogens with zero attached hydrogens (tertiary/aromatic N) is 1. The Hall–Kier alpha value is -3.47. The summed E-state index contributed by atoms with van der Waals surface area (Å²) < 4.78 is 58.9. The molecule has 3 aromatic rings. The van der Waals surface area contributed by atoms with E-state index >= 15 is 4.39 Å². The maximum Gasteiger partial charge on any atom is 0.284 e. The number of anilines is 2. The minimum absolute atomic E-state index is 0.0212. The van der Waals surface area contributed by atoms with Crippen molar-refractivity contribution in [3.63, 3.8) is 0 Å². The molecule has 0 bridgehead atoms. The number of aliphatic hydroxyl groups excluding tert-OH is 1. The van der Waals surface area contributed by atoms with Crippen molar-refractivity contribution in [2.45, 2.75) is 24.9 Å². The van der Waals surface area contributed by atoms with Gasteiger partial charge in [0, 0.05) is 29.2 Å². The van der Waals surface area contributed by atoms with Crippen LogP contribution in [0.1, 0.15) is 38.3 Å². The van der Waals surface area contributed by atoms with Gasteiger partial charge < -0.3 is 20.4 Å². The zero-order valence-corrected chi connectivity index (χ0v) is 20.1. The molecule has 1 atom stereocenters. The number of aliphatic hydroxyl groups is 2. The van der Waals surface area contributed by atoms with Gasteiger partial charge in [-0.1, -0.05) is 23.7 Å². The number of carbonyl (C=O) groups excluding carboxylic acids is 2. The molecular weight excluding hydrogens is 516 g/mol. The van der Waals surface area contributed by atoms with Gasteiger partial charge in [-0.15, -0.1) is 0 Å². The second kappa shape index (κ2) is 9.77. The Balaban J connectivity index is 1.67. The molecule has 4 rings (SSSR count). The minimum atomic E-state index is -3.84. The second-order valence-electron chi connectivity index (χ2n) is 8.67. The zero-order valence-electron chi connectivity index (χ0n) is 19.4. The van der Waals surface area contributed by atoms with Gasteiger partial charge >= 0.3 is 0 Å². The Morgan fingerprint density at radius 1 is 1.08 bits per heavy atom. The minimum Gasteiger partial charge on any atom is -0.393 e. The average Bonchev–Trinajstić information content (AvgIpc) is 2.91. The molecule has 3 N–H and O–H groups in total. The normalized spacial score (nSPS) is 18.6. The molecule has 3 aromatic carbocycles. The number of carbonyl (C=O) groups is 2. The summed E-state index contributed by atoms with van der Waals surface area (Å²) in [5.74, 6) is -7.49. The lowest BCUT2D eigenvalue weighted by molar-refractivity contribution is -0.205.